The van der Waals surface area contributed by atoms with Crippen molar-refractivity contribution in [3.8, 4) is 0 Å². The van der Waals surface area contributed by atoms with Crippen LogP contribution in [-0.4, -0.2) is 50.3 Å². The molecular weight excluding hydrogens is 286 g/mol. The number of benzene rings is 1. The summed E-state index contributed by atoms with van der Waals surface area (Å²) in [6.07, 6.45) is 1.72. The van der Waals surface area contributed by atoms with Crippen molar-refractivity contribution in [2.75, 3.05) is 32.4 Å². The number of sulfonamides is 1. The Labute approximate surface area is 127 Å². The fraction of sp³-hybridized carbons (Fsp3) is 0.600. The van der Waals surface area contributed by atoms with Crippen molar-refractivity contribution in [2.45, 2.75) is 31.6 Å². The number of nitrogen functional groups attached to an aromatic ring is 1. The second kappa shape index (κ2) is 6.77. The Morgan fingerprint density at radius 1 is 1.24 bits per heavy atom. The highest BCUT2D eigenvalue weighted by molar-refractivity contribution is 7.88. The van der Waals surface area contributed by atoms with E-state index in [-0.39, 0.29) is 11.8 Å². The van der Waals surface area contributed by atoms with Crippen LogP contribution in [0.1, 0.15) is 25.3 Å². The van der Waals surface area contributed by atoms with Gasteiger partial charge in [-0.25, -0.2) is 8.42 Å². The molecule has 1 aliphatic rings. The molecule has 1 heterocycles. The molecule has 0 amide bonds. The second-order valence-electron chi connectivity index (χ2n) is 5.79. The fourth-order valence-electron chi connectivity index (χ4n) is 2.83. The number of nitrogens with zero attached hydrogens (tertiary/aromatic N) is 2. The summed E-state index contributed by atoms with van der Waals surface area (Å²) >= 11 is 0. The van der Waals surface area contributed by atoms with E-state index < -0.39 is 10.0 Å². The molecule has 1 aromatic carbocycles. The van der Waals surface area contributed by atoms with E-state index in [1.54, 1.807) is 28.6 Å². The largest absolute Gasteiger partial charge is 0.399 e. The van der Waals surface area contributed by atoms with Crippen molar-refractivity contribution in [1.29, 1.82) is 0 Å². The minimum Gasteiger partial charge on any atom is -0.399 e. The average Bonchev–Trinajstić information content (AvgIpc) is 2.63. The second-order valence-corrected chi connectivity index (χ2v) is 7.71. The standard InChI is InChI=1S/C15H25N3O2S/c1-3-15-11-17(2)9-4-10-18(15)21(19,20)12-13-5-7-14(16)8-6-13/h5-8,15H,3-4,9-12,16H2,1-2H3. The Kier molecular flexibility index (Phi) is 5.24. The summed E-state index contributed by atoms with van der Waals surface area (Å²) < 4.78 is 27.2. The van der Waals surface area contributed by atoms with Crippen LogP contribution in [0.2, 0.25) is 0 Å². The molecule has 6 heteroatoms. The van der Waals surface area contributed by atoms with Gasteiger partial charge in [-0.2, -0.15) is 4.31 Å². The molecule has 1 unspecified atom stereocenters. The van der Waals surface area contributed by atoms with E-state index in [2.05, 4.69) is 18.9 Å². The van der Waals surface area contributed by atoms with Gasteiger partial charge in [-0.3, -0.25) is 0 Å². The van der Waals surface area contributed by atoms with Gasteiger partial charge >= 0.3 is 0 Å². The number of rotatable bonds is 4. The highest BCUT2D eigenvalue weighted by Gasteiger charge is 2.31. The first kappa shape index (κ1) is 16.3. The highest BCUT2D eigenvalue weighted by atomic mass is 32.2. The maximum Gasteiger partial charge on any atom is 0.218 e. The molecule has 1 fully saturated rings. The van der Waals surface area contributed by atoms with Gasteiger partial charge in [0.15, 0.2) is 0 Å². The highest BCUT2D eigenvalue weighted by Crippen LogP contribution is 2.20. The predicted molar refractivity (Wildman–Crippen MR) is 86.4 cm³/mol. The number of nitrogens with two attached hydrogens (primary N) is 1. The Balaban J connectivity index is 2.18. The molecule has 0 aliphatic carbocycles. The number of hydrogen-bond donors (Lipinski definition) is 1. The van der Waals surface area contributed by atoms with Crippen molar-refractivity contribution in [3.05, 3.63) is 29.8 Å². The lowest BCUT2D eigenvalue weighted by atomic mass is 10.2. The van der Waals surface area contributed by atoms with Gasteiger partial charge < -0.3 is 10.6 Å². The Morgan fingerprint density at radius 2 is 1.90 bits per heavy atom. The summed E-state index contributed by atoms with van der Waals surface area (Å²) in [5, 5.41) is 0. The van der Waals surface area contributed by atoms with Crippen LogP contribution in [0.4, 0.5) is 5.69 Å². The van der Waals surface area contributed by atoms with Gasteiger partial charge in [-0.1, -0.05) is 19.1 Å². The lowest BCUT2D eigenvalue weighted by Crippen LogP contribution is -2.43. The third-order valence-corrected chi connectivity index (χ3v) is 5.90. The topological polar surface area (TPSA) is 66.6 Å². The van der Waals surface area contributed by atoms with Gasteiger partial charge in [0.2, 0.25) is 10.0 Å². The van der Waals surface area contributed by atoms with Crippen molar-refractivity contribution in [3.63, 3.8) is 0 Å². The van der Waals surface area contributed by atoms with Crippen LogP contribution in [-0.2, 0) is 15.8 Å². The van der Waals surface area contributed by atoms with Gasteiger partial charge in [0.25, 0.3) is 0 Å². The smallest absolute Gasteiger partial charge is 0.218 e. The predicted octanol–water partition coefficient (Wildman–Crippen LogP) is 1.51. The summed E-state index contributed by atoms with van der Waals surface area (Å²) in [6, 6.07) is 7.14. The molecular formula is C15H25N3O2S. The zero-order chi connectivity index (χ0) is 15.5. The fourth-order valence-corrected chi connectivity index (χ4v) is 4.68. The van der Waals surface area contributed by atoms with Crippen LogP contribution >= 0.6 is 0 Å². The maximum absolute atomic E-state index is 12.7. The molecule has 118 valence electrons. The van der Waals surface area contributed by atoms with Crippen molar-refractivity contribution < 1.29 is 8.42 Å². The Hall–Kier alpha value is -1.11. The van der Waals surface area contributed by atoms with E-state index in [1.165, 1.54) is 0 Å². The maximum atomic E-state index is 12.7. The molecule has 0 bridgehead atoms. The lowest BCUT2D eigenvalue weighted by molar-refractivity contribution is 0.270. The van der Waals surface area contributed by atoms with Gasteiger partial charge in [-0.05, 0) is 44.1 Å². The quantitative estimate of drug-likeness (QED) is 0.856. The molecule has 1 atom stereocenters. The molecule has 1 saturated heterocycles. The first-order valence-corrected chi connectivity index (χ1v) is 9.06. The Bertz CT molecular complexity index is 557. The molecule has 0 saturated carbocycles. The summed E-state index contributed by atoms with van der Waals surface area (Å²) in [5.74, 6) is 0.0491. The van der Waals surface area contributed by atoms with E-state index >= 15 is 0 Å². The minimum atomic E-state index is -3.29. The van der Waals surface area contributed by atoms with Crippen LogP contribution in [0.15, 0.2) is 24.3 Å². The molecule has 21 heavy (non-hydrogen) atoms. The SMILES string of the molecule is CCC1CN(C)CCCN1S(=O)(=O)Cc1ccc(N)cc1. The van der Waals surface area contributed by atoms with E-state index in [1.807, 2.05) is 0 Å². The number of likely N-dealkylation sites (N-methyl/N-ethyl adjacent to an activating group) is 1. The monoisotopic (exact) mass is 311 g/mol. The molecule has 5 nitrogen and oxygen atoms in total. The molecule has 0 aromatic heterocycles. The zero-order valence-corrected chi connectivity index (χ0v) is 13.6. The van der Waals surface area contributed by atoms with Crippen LogP contribution in [0.25, 0.3) is 0 Å². The van der Waals surface area contributed by atoms with E-state index in [0.717, 1.165) is 31.5 Å². The summed E-state index contributed by atoms with van der Waals surface area (Å²) in [4.78, 5) is 2.22. The molecule has 0 spiro atoms. The van der Waals surface area contributed by atoms with E-state index in [4.69, 9.17) is 5.73 Å². The third-order valence-electron chi connectivity index (χ3n) is 4.01. The Morgan fingerprint density at radius 3 is 2.52 bits per heavy atom. The van der Waals surface area contributed by atoms with Crippen molar-refractivity contribution in [1.82, 2.24) is 9.21 Å². The van der Waals surface area contributed by atoms with Gasteiger partial charge in [0.1, 0.15) is 0 Å². The number of hydrogen-bond acceptors (Lipinski definition) is 4. The van der Waals surface area contributed by atoms with Crippen LogP contribution < -0.4 is 5.73 Å². The van der Waals surface area contributed by atoms with Crippen LogP contribution in [0.3, 0.4) is 0 Å². The lowest BCUT2D eigenvalue weighted by Gasteiger charge is -2.29. The van der Waals surface area contributed by atoms with Gasteiger partial charge in [-0.15, -0.1) is 0 Å². The third kappa shape index (κ3) is 4.18. The van der Waals surface area contributed by atoms with Crippen LogP contribution in [0, 0.1) is 0 Å². The summed E-state index contributed by atoms with van der Waals surface area (Å²) in [7, 11) is -1.24. The van der Waals surface area contributed by atoms with E-state index in [0.29, 0.717) is 12.2 Å². The van der Waals surface area contributed by atoms with Crippen LogP contribution in [0.5, 0.6) is 0 Å². The van der Waals surface area contributed by atoms with Crippen molar-refractivity contribution in [2.24, 2.45) is 0 Å². The van der Waals surface area contributed by atoms with E-state index in [9.17, 15) is 8.42 Å². The van der Waals surface area contributed by atoms with Crippen molar-refractivity contribution >= 4 is 15.7 Å². The van der Waals surface area contributed by atoms with Gasteiger partial charge in [0.05, 0.1) is 5.75 Å². The molecule has 1 aliphatic heterocycles. The molecule has 0 radical (unpaired) electrons. The zero-order valence-electron chi connectivity index (χ0n) is 12.8. The summed E-state index contributed by atoms with van der Waals surface area (Å²) in [5.41, 5.74) is 7.09. The molecule has 2 N–H and O–H groups in total. The first-order chi connectivity index (χ1) is 9.92. The normalized spacial score (nSPS) is 22.1. The molecule has 1 aromatic rings. The summed E-state index contributed by atoms with van der Waals surface area (Å²) in [6.45, 7) is 4.41. The molecule has 2 rings (SSSR count). The average molecular weight is 311 g/mol. The first-order valence-electron chi connectivity index (χ1n) is 7.45. The number of anilines is 1. The van der Waals surface area contributed by atoms with Gasteiger partial charge in [0, 0.05) is 24.8 Å². The minimum absolute atomic E-state index is 0.0491.